The van der Waals surface area contributed by atoms with Crippen LogP contribution >= 0.6 is 0 Å². The molecule has 0 aromatic heterocycles. The van der Waals surface area contributed by atoms with Crippen LogP contribution in [0, 0.1) is 0 Å². The molecule has 0 aromatic carbocycles. The van der Waals surface area contributed by atoms with Crippen LogP contribution in [-0.2, 0) is 0 Å². The first kappa shape index (κ1) is 8.45. The molecular weight excluding hydrogens is 155 g/mol. The van der Waals surface area contributed by atoms with E-state index in [0.29, 0.717) is 6.42 Å². The van der Waals surface area contributed by atoms with Crippen LogP contribution in [0.3, 0.4) is 0 Å². The molecule has 2 heterocycles. The van der Waals surface area contributed by atoms with E-state index < -0.39 is 5.67 Å². The lowest BCUT2D eigenvalue weighted by molar-refractivity contribution is 0.0115. The summed E-state index contributed by atoms with van der Waals surface area (Å²) in [5.74, 6) is 0. The number of fused-ring (bicyclic) bond motifs is 1. The molecule has 2 saturated heterocycles. The molecule has 0 radical (unpaired) electrons. The summed E-state index contributed by atoms with van der Waals surface area (Å²) in [6, 6.07) is 0.135. The minimum atomic E-state index is -1.07. The number of alkyl halides is 1. The maximum atomic E-state index is 14.1. The molecule has 0 spiro atoms. The van der Waals surface area contributed by atoms with Gasteiger partial charge in [-0.15, -0.1) is 0 Å². The second-order valence-corrected chi connectivity index (χ2v) is 4.04. The van der Waals surface area contributed by atoms with Crippen LogP contribution in [0.4, 0.5) is 4.39 Å². The monoisotopic (exact) mass is 172 g/mol. The molecule has 3 heteroatoms. The fourth-order valence-corrected chi connectivity index (χ4v) is 2.66. The predicted octanol–water partition coefficient (Wildman–Crippen LogP) is 0.912. The van der Waals surface area contributed by atoms with Gasteiger partial charge in [-0.1, -0.05) is 0 Å². The van der Waals surface area contributed by atoms with E-state index in [-0.39, 0.29) is 12.6 Å². The number of hydrogen-bond acceptors (Lipinski definition) is 2. The number of nitrogens with zero attached hydrogens (tertiary/aromatic N) is 1. The van der Waals surface area contributed by atoms with E-state index in [1.807, 2.05) is 0 Å². The van der Waals surface area contributed by atoms with Gasteiger partial charge in [0.15, 0.2) is 0 Å². The SMILES string of the molecule is NCC1(F)CCCN2CCCC21. The molecule has 12 heavy (non-hydrogen) atoms. The highest BCUT2D eigenvalue weighted by Gasteiger charge is 2.45. The number of halogens is 1. The van der Waals surface area contributed by atoms with E-state index in [1.54, 1.807) is 0 Å². The van der Waals surface area contributed by atoms with Crippen molar-refractivity contribution in [3.05, 3.63) is 0 Å². The zero-order valence-electron chi connectivity index (χ0n) is 7.43. The van der Waals surface area contributed by atoms with E-state index in [0.717, 1.165) is 32.4 Å². The Kier molecular flexibility index (Phi) is 2.09. The lowest BCUT2D eigenvalue weighted by Crippen LogP contribution is -2.54. The number of hydrogen-bond donors (Lipinski definition) is 1. The average Bonchev–Trinajstić information content (AvgIpc) is 2.54. The summed E-state index contributed by atoms with van der Waals surface area (Å²) in [6.45, 7) is 2.36. The van der Waals surface area contributed by atoms with Crippen LogP contribution in [0.2, 0.25) is 0 Å². The van der Waals surface area contributed by atoms with Crippen molar-refractivity contribution in [2.45, 2.75) is 37.4 Å². The Morgan fingerprint density at radius 3 is 2.92 bits per heavy atom. The molecule has 0 bridgehead atoms. The number of nitrogens with two attached hydrogens (primary N) is 1. The maximum Gasteiger partial charge on any atom is 0.138 e. The first-order valence-electron chi connectivity index (χ1n) is 4.89. The van der Waals surface area contributed by atoms with Crippen LogP contribution in [0.15, 0.2) is 0 Å². The van der Waals surface area contributed by atoms with Gasteiger partial charge < -0.3 is 5.73 Å². The van der Waals surface area contributed by atoms with Crippen molar-refractivity contribution in [2.24, 2.45) is 5.73 Å². The van der Waals surface area contributed by atoms with Gasteiger partial charge >= 0.3 is 0 Å². The first-order chi connectivity index (χ1) is 5.76. The van der Waals surface area contributed by atoms with Crippen molar-refractivity contribution in [1.82, 2.24) is 4.90 Å². The lowest BCUT2D eigenvalue weighted by atomic mass is 9.86. The fourth-order valence-electron chi connectivity index (χ4n) is 2.66. The molecule has 2 aliphatic rings. The number of rotatable bonds is 1. The maximum absolute atomic E-state index is 14.1. The highest BCUT2D eigenvalue weighted by molar-refractivity contribution is 5.00. The zero-order chi connectivity index (χ0) is 8.60. The molecular formula is C9H17FN2. The van der Waals surface area contributed by atoms with Gasteiger partial charge in [-0.05, 0) is 38.8 Å². The van der Waals surface area contributed by atoms with Crippen LogP contribution in [0.5, 0.6) is 0 Å². The second kappa shape index (κ2) is 2.96. The van der Waals surface area contributed by atoms with Gasteiger partial charge in [-0.25, -0.2) is 4.39 Å². The number of piperidine rings is 1. The summed E-state index contributed by atoms with van der Waals surface area (Å²) < 4.78 is 14.1. The Balaban J connectivity index is 2.13. The minimum absolute atomic E-state index is 0.135. The molecule has 0 saturated carbocycles. The van der Waals surface area contributed by atoms with Crippen molar-refractivity contribution in [3.8, 4) is 0 Å². The Labute approximate surface area is 72.9 Å². The third-order valence-corrected chi connectivity index (χ3v) is 3.34. The van der Waals surface area contributed by atoms with Gasteiger partial charge in [-0.2, -0.15) is 0 Å². The summed E-state index contributed by atoms with van der Waals surface area (Å²) in [7, 11) is 0. The van der Waals surface area contributed by atoms with Crippen molar-refractivity contribution in [2.75, 3.05) is 19.6 Å². The molecule has 2 aliphatic heterocycles. The Morgan fingerprint density at radius 2 is 2.17 bits per heavy atom. The molecule has 2 N–H and O–H groups in total. The summed E-state index contributed by atoms with van der Waals surface area (Å²) in [6.07, 6.45) is 3.80. The first-order valence-corrected chi connectivity index (χ1v) is 4.89. The normalized spacial score (nSPS) is 43.0. The van der Waals surface area contributed by atoms with E-state index in [2.05, 4.69) is 4.90 Å². The Hall–Kier alpha value is -0.150. The fraction of sp³-hybridized carbons (Fsp3) is 1.00. The van der Waals surface area contributed by atoms with Gasteiger partial charge in [-0.3, -0.25) is 4.90 Å². The largest absolute Gasteiger partial charge is 0.327 e. The minimum Gasteiger partial charge on any atom is -0.327 e. The van der Waals surface area contributed by atoms with Gasteiger partial charge in [0.1, 0.15) is 5.67 Å². The van der Waals surface area contributed by atoms with Crippen molar-refractivity contribution in [3.63, 3.8) is 0 Å². The Bertz CT molecular complexity index is 174. The van der Waals surface area contributed by atoms with E-state index in [9.17, 15) is 4.39 Å². The lowest BCUT2D eigenvalue weighted by Gasteiger charge is -2.40. The molecule has 2 atom stereocenters. The zero-order valence-corrected chi connectivity index (χ0v) is 7.43. The highest BCUT2D eigenvalue weighted by atomic mass is 19.1. The molecule has 0 amide bonds. The van der Waals surface area contributed by atoms with Crippen LogP contribution < -0.4 is 5.73 Å². The van der Waals surface area contributed by atoms with E-state index >= 15 is 0 Å². The molecule has 2 nitrogen and oxygen atoms in total. The van der Waals surface area contributed by atoms with Crippen molar-refractivity contribution < 1.29 is 4.39 Å². The predicted molar refractivity (Wildman–Crippen MR) is 46.7 cm³/mol. The van der Waals surface area contributed by atoms with Crippen molar-refractivity contribution in [1.29, 1.82) is 0 Å². The van der Waals surface area contributed by atoms with E-state index in [1.165, 1.54) is 0 Å². The second-order valence-electron chi connectivity index (χ2n) is 4.04. The van der Waals surface area contributed by atoms with Gasteiger partial charge in [0, 0.05) is 12.6 Å². The molecule has 2 unspecified atom stereocenters. The third kappa shape index (κ3) is 1.15. The highest BCUT2D eigenvalue weighted by Crippen LogP contribution is 2.36. The van der Waals surface area contributed by atoms with Crippen molar-refractivity contribution >= 4 is 0 Å². The summed E-state index contributed by atoms with van der Waals surface area (Å²) in [5, 5.41) is 0. The summed E-state index contributed by atoms with van der Waals surface area (Å²) >= 11 is 0. The van der Waals surface area contributed by atoms with E-state index in [4.69, 9.17) is 5.73 Å². The van der Waals surface area contributed by atoms with Crippen LogP contribution in [0.1, 0.15) is 25.7 Å². The quantitative estimate of drug-likeness (QED) is 0.637. The average molecular weight is 172 g/mol. The Morgan fingerprint density at radius 1 is 1.42 bits per heavy atom. The van der Waals surface area contributed by atoms with Gasteiger partial charge in [0.2, 0.25) is 0 Å². The van der Waals surface area contributed by atoms with Gasteiger partial charge in [0.25, 0.3) is 0 Å². The smallest absolute Gasteiger partial charge is 0.138 e. The summed E-state index contributed by atoms with van der Waals surface area (Å²) in [5.41, 5.74) is 4.42. The van der Waals surface area contributed by atoms with Crippen LogP contribution in [0.25, 0.3) is 0 Å². The molecule has 0 aromatic rings. The molecule has 2 fully saturated rings. The molecule has 2 rings (SSSR count). The van der Waals surface area contributed by atoms with Crippen LogP contribution in [-0.4, -0.2) is 36.2 Å². The third-order valence-electron chi connectivity index (χ3n) is 3.34. The topological polar surface area (TPSA) is 29.3 Å². The standard InChI is InChI=1S/C9H17FN2/c10-9(7-11)4-2-6-12-5-1-3-8(9)12/h8H,1-7,11H2. The molecule has 70 valence electrons. The van der Waals surface area contributed by atoms with Gasteiger partial charge in [0.05, 0.1) is 0 Å². The summed E-state index contributed by atoms with van der Waals surface area (Å²) in [4.78, 5) is 2.27. The molecule has 0 aliphatic carbocycles.